The second-order valence-electron chi connectivity index (χ2n) is 6.51. The van der Waals surface area contributed by atoms with Gasteiger partial charge in [0.2, 0.25) is 0 Å². The Kier molecular flexibility index (Phi) is 4.49. The van der Waals surface area contributed by atoms with Gasteiger partial charge in [0.15, 0.2) is 11.5 Å². The molecule has 1 amide bonds. The Balaban J connectivity index is 1.71. The Morgan fingerprint density at radius 3 is 2.73 bits per heavy atom. The molecule has 0 unspecified atom stereocenters. The molecule has 8 nitrogen and oxygen atoms in total. The fourth-order valence-corrected chi connectivity index (χ4v) is 3.22. The first kappa shape index (κ1) is 16.5. The van der Waals surface area contributed by atoms with Crippen molar-refractivity contribution in [1.82, 2.24) is 24.7 Å². The number of rotatable bonds is 5. The van der Waals surface area contributed by atoms with Crippen LogP contribution in [0.25, 0.3) is 16.9 Å². The van der Waals surface area contributed by atoms with Crippen LogP contribution >= 0.6 is 0 Å². The highest BCUT2D eigenvalue weighted by Gasteiger charge is 2.17. The van der Waals surface area contributed by atoms with Gasteiger partial charge in [0, 0.05) is 36.9 Å². The van der Waals surface area contributed by atoms with E-state index in [1.54, 1.807) is 23.0 Å². The van der Waals surface area contributed by atoms with Crippen molar-refractivity contribution < 1.29 is 4.79 Å². The zero-order valence-electron chi connectivity index (χ0n) is 14.4. The number of amides is 1. The highest BCUT2D eigenvalue weighted by molar-refractivity contribution is 5.92. The van der Waals surface area contributed by atoms with Crippen molar-refractivity contribution >= 4 is 17.4 Å². The second-order valence-corrected chi connectivity index (χ2v) is 6.51. The van der Waals surface area contributed by atoms with Gasteiger partial charge in [0.1, 0.15) is 5.69 Å². The molecular formula is C18H21N7O. The minimum absolute atomic E-state index is 0.226. The first-order valence-electron chi connectivity index (χ1n) is 8.75. The number of hydrogen-bond acceptors (Lipinski definition) is 6. The Morgan fingerprint density at radius 2 is 2.00 bits per heavy atom. The summed E-state index contributed by atoms with van der Waals surface area (Å²) in [5.41, 5.74) is 7.95. The predicted octanol–water partition coefficient (Wildman–Crippen LogP) is 1.30. The number of nitrogens with one attached hydrogen (secondary N) is 2. The van der Waals surface area contributed by atoms with Crippen LogP contribution in [0.3, 0.4) is 0 Å². The fraction of sp³-hybridized carbons (Fsp3) is 0.333. The number of piperidine rings is 1. The third-order valence-corrected chi connectivity index (χ3v) is 4.68. The average Bonchev–Trinajstić information content (AvgIpc) is 3.12. The van der Waals surface area contributed by atoms with E-state index in [2.05, 4.69) is 20.6 Å². The lowest BCUT2D eigenvalue weighted by Crippen LogP contribution is -2.31. The molecule has 8 heteroatoms. The first-order valence-corrected chi connectivity index (χ1v) is 8.75. The Labute approximate surface area is 150 Å². The second kappa shape index (κ2) is 7.09. The molecule has 4 rings (SSSR count). The smallest absolute Gasteiger partial charge is 0.268 e. The van der Waals surface area contributed by atoms with Gasteiger partial charge in [-0.1, -0.05) is 0 Å². The lowest BCUT2D eigenvalue weighted by atomic mass is 9.98. The normalized spacial score (nSPS) is 15.2. The van der Waals surface area contributed by atoms with Gasteiger partial charge in [-0.15, -0.1) is 0 Å². The number of carbonyl (C=O) groups is 1. The van der Waals surface area contributed by atoms with Gasteiger partial charge in [-0.25, -0.2) is 9.97 Å². The van der Waals surface area contributed by atoms with E-state index in [0.717, 1.165) is 43.7 Å². The van der Waals surface area contributed by atoms with Gasteiger partial charge in [-0.2, -0.15) is 0 Å². The number of imidazole rings is 1. The van der Waals surface area contributed by atoms with Crippen molar-refractivity contribution in [3.05, 3.63) is 42.6 Å². The average molecular weight is 351 g/mol. The third kappa shape index (κ3) is 3.36. The minimum atomic E-state index is -0.552. The molecule has 0 aromatic carbocycles. The SMILES string of the molecule is NC(=O)c1cn2cc(-c3ccncc3)nc(NCC3CCNCC3)c2n1. The molecule has 3 aromatic rings. The lowest BCUT2D eigenvalue weighted by molar-refractivity contribution is 0.0996. The van der Waals surface area contributed by atoms with E-state index in [4.69, 9.17) is 10.7 Å². The van der Waals surface area contributed by atoms with Crippen LogP contribution in [0.4, 0.5) is 5.82 Å². The van der Waals surface area contributed by atoms with Crippen molar-refractivity contribution in [1.29, 1.82) is 0 Å². The van der Waals surface area contributed by atoms with Gasteiger partial charge >= 0.3 is 0 Å². The van der Waals surface area contributed by atoms with Crippen LogP contribution in [0, 0.1) is 5.92 Å². The summed E-state index contributed by atoms with van der Waals surface area (Å²) in [4.78, 5) is 24.7. The number of hydrogen-bond donors (Lipinski definition) is 3. The van der Waals surface area contributed by atoms with E-state index < -0.39 is 5.91 Å². The summed E-state index contributed by atoms with van der Waals surface area (Å²) in [6, 6.07) is 3.80. The number of nitrogens with two attached hydrogens (primary N) is 1. The molecule has 134 valence electrons. The standard InChI is InChI=1S/C18H21N7O/c19-16(26)15-11-25-10-14(13-3-7-21-8-4-13)23-17(18(25)24-15)22-9-12-1-5-20-6-2-12/h3-4,7-8,10-12,20H,1-2,5-6,9H2,(H2,19,26)(H,22,23). The summed E-state index contributed by atoms with van der Waals surface area (Å²) in [5, 5.41) is 6.80. The van der Waals surface area contributed by atoms with Gasteiger partial charge in [0.05, 0.1) is 5.69 Å². The van der Waals surface area contributed by atoms with Crippen LogP contribution in [-0.2, 0) is 0 Å². The summed E-state index contributed by atoms with van der Waals surface area (Å²) >= 11 is 0. The molecule has 26 heavy (non-hydrogen) atoms. The zero-order valence-corrected chi connectivity index (χ0v) is 14.4. The van der Waals surface area contributed by atoms with Crippen molar-refractivity contribution in [2.24, 2.45) is 11.7 Å². The van der Waals surface area contributed by atoms with E-state index in [9.17, 15) is 4.79 Å². The van der Waals surface area contributed by atoms with Crippen LogP contribution in [-0.4, -0.2) is 44.9 Å². The number of pyridine rings is 1. The predicted molar refractivity (Wildman–Crippen MR) is 98.8 cm³/mol. The molecule has 3 aromatic heterocycles. The molecule has 1 saturated heterocycles. The van der Waals surface area contributed by atoms with Crippen molar-refractivity contribution in [2.75, 3.05) is 25.0 Å². The van der Waals surface area contributed by atoms with Crippen LogP contribution < -0.4 is 16.4 Å². The number of aromatic nitrogens is 4. The molecule has 1 aliphatic heterocycles. The Hall–Kier alpha value is -3.00. The number of nitrogens with zero attached hydrogens (tertiary/aromatic N) is 4. The molecule has 0 atom stereocenters. The third-order valence-electron chi connectivity index (χ3n) is 4.68. The molecule has 0 radical (unpaired) electrons. The highest BCUT2D eigenvalue weighted by Crippen LogP contribution is 2.23. The van der Waals surface area contributed by atoms with E-state index in [1.807, 2.05) is 18.3 Å². The molecule has 1 aliphatic rings. The van der Waals surface area contributed by atoms with E-state index in [-0.39, 0.29) is 5.69 Å². The molecular weight excluding hydrogens is 330 g/mol. The maximum atomic E-state index is 11.5. The van der Waals surface area contributed by atoms with Crippen molar-refractivity contribution in [3.8, 4) is 11.3 Å². The summed E-state index contributed by atoms with van der Waals surface area (Å²) in [6.45, 7) is 2.91. The Morgan fingerprint density at radius 1 is 1.23 bits per heavy atom. The van der Waals surface area contributed by atoms with E-state index in [0.29, 0.717) is 17.4 Å². The van der Waals surface area contributed by atoms with E-state index in [1.165, 1.54) is 0 Å². The summed E-state index contributed by atoms with van der Waals surface area (Å²) in [7, 11) is 0. The number of fused-ring (bicyclic) bond motifs is 1. The van der Waals surface area contributed by atoms with Gasteiger partial charge in [-0.3, -0.25) is 9.78 Å². The quantitative estimate of drug-likeness (QED) is 0.639. The zero-order chi connectivity index (χ0) is 17.9. The molecule has 1 fully saturated rings. The lowest BCUT2D eigenvalue weighted by Gasteiger charge is -2.23. The maximum absolute atomic E-state index is 11.5. The summed E-state index contributed by atoms with van der Waals surface area (Å²) < 4.78 is 1.80. The van der Waals surface area contributed by atoms with E-state index >= 15 is 0 Å². The van der Waals surface area contributed by atoms with Crippen molar-refractivity contribution in [3.63, 3.8) is 0 Å². The fourth-order valence-electron chi connectivity index (χ4n) is 3.22. The summed E-state index contributed by atoms with van der Waals surface area (Å²) in [5.74, 6) is 0.696. The van der Waals surface area contributed by atoms with Crippen LogP contribution in [0.2, 0.25) is 0 Å². The summed E-state index contributed by atoms with van der Waals surface area (Å²) in [6.07, 6.45) is 9.21. The molecule has 0 spiro atoms. The van der Waals surface area contributed by atoms with Crippen LogP contribution in [0.5, 0.6) is 0 Å². The van der Waals surface area contributed by atoms with Gasteiger partial charge in [0.25, 0.3) is 5.91 Å². The molecule has 0 bridgehead atoms. The topological polar surface area (TPSA) is 110 Å². The molecule has 4 heterocycles. The molecule has 0 aliphatic carbocycles. The number of primary amides is 1. The molecule has 4 N–H and O–H groups in total. The minimum Gasteiger partial charge on any atom is -0.367 e. The van der Waals surface area contributed by atoms with Gasteiger partial charge < -0.3 is 20.8 Å². The van der Waals surface area contributed by atoms with Crippen LogP contribution in [0.1, 0.15) is 23.3 Å². The maximum Gasteiger partial charge on any atom is 0.268 e. The van der Waals surface area contributed by atoms with Crippen LogP contribution in [0.15, 0.2) is 36.9 Å². The first-order chi connectivity index (χ1) is 12.7. The largest absolute Gasteiger partial charge is 0.367 e. The van der Waals surface area contributed by atoms with Crippen molar-refractivity contribution in [2.45, 2.75) is 12.8 Å². The highest BCUT2D eigenvalue weighted by atomic mass is 16.1. The number of anilines is 1. The monoisotopic (exact) mass is 351 g/mol. The van der Waals surface area contributed by atoms with Gasteiger partial charge in [-0.05, 0) is 44.0 Å². The molecule has 0 saturated carbocycles. The number of carbonyl (C=O) groups excluding carboxylic acids is 1. The Bertz CT molecular complexity index is 916.